The molecule has 0 unspecified atom stereocenters. The average Bonchev–Trinajstić information content (AvgIpc) is 2.60. The fraction of sp³-hybridized carbons (Fsp3) is 0.158. The molecular weight excluding hydrogens is 302 g/mol. The van der Waals surface area contributed by atoms with Crippen LogP contribution in [-0.4, -0.2) is 24.6 Å². The lowest BCUT2D eigenvalue weighted by Gasteiger charge is -2.15. The monoisotopic (exact) mass is 321 g/mol. The molecule has 0 aliphatic rings. The molecule has 2 rings (SSSR count). The van der Waals surface area contributed by atoms with Gasteiger partial charge in [-0.25, -0.2) is 0 Å². The van der Waals surface area contributed by atoms with Crippen LogP contribution >= 0.6 is 0 Å². The molecule has 122 valence electrons. The molecule has 0 fully saturated rings. The number of nitrogens with one attached hydrogen (secondary N) is 1. The summed E-state index contributed by atoms with van der Waals surface area (Å²) in [5.41, 5.74) is 1.91. The molecule has 1 amide bonds. The third kappa shape index (κ3) is 4.89. The van der Waals surface area contributed by atoms with E-state index in [0.717, 1.165) is 11.3 Å². The first kappa shape index (κ1) is 17.1. The van der Waals surface area contributed by atoms with Crippen LogP contribution in [0.15, 0.2) is 66.4 Å². The van der Waals surface area contributed by atoms with Crippen LogP contribution in [0.4, 0.5) is 5.69 Å². The molecule has 5 heteroatoms. The summed E-state index contributed by atoms with van der Waals surface area (Å²) in [6.45, 7) is 0.463. The van der Waals surface area contributed by atoms with Crippen molar-refractivity contribution < 1.29 is 9.90 Å². The van der Waals surface area contributed by atoms with Gasteiger partial charge in [0.25, 0.3) is 5.91 Å². The number of phenols is 1. The second-order valence-electron chi connectivity index (χ2n) is 5.27. The SMILES string of the molecule is CN(/C=C(/C#N)C(=O)NCCc1ccccc1)c1ccc(O)cc1. The second-order valence-corrected chi connectivity index (χ2v) is 5.27. The molecule has 0 aliphatic heterocycles. The van der Waals surface area contributed by atoms with Crippen LogP contribution in [0.1, 0.15) is 5.56 Å². The summed E-state index contributed by atoms with van der Waals surface area (Å²) in [7, 11) is 1.74. The number of aromatic hydroxyl groups is 1. The summed E-state index contributed by atoms with van der Waals surface area (Å²) < 4.78 is 0. The number of benzene rings is 2. The van der Waals surface area contributed by atoms with E-state index in [1.807, 2.05) is 36.4 Å². The zero-order chi connectivity index (χ0) is 17.4. The largest absolute Gasteiger partial charge is 0.508 e. The first-order valence-electron chi connectivity index (χ1n) is 7.56. The summed E-state index contributed by atoms with van der Waals surface area (Å²) in [4.78, 5) is 13.8. The van der Waals surface area contributed by atoms with Gasteiger partial charge in [0.05, 0.1) is 0 Å². The van der Waals surface area contributed by atoms with Crippen LogP contribution < -0.4 is 10.2 Å². The number of nitrogens with zero attached hydrogens (tertiary/aromatic N) is 2. The molecule has 2 N–H and O–H groups in total. The van der Waals surface area contributed by atoms with Crippen molar-refractivity contribution in [3.8, 4) is 11.8 Å². The van der Waals surface area contributed by atoms with Crippen LogP contribution in [0, 0.1) is 11.3 Å². The van der Waals surface area contributed by atoms with Crippen LogP contribution in [0.25, 0.3) is 0 Å². The summed E-state index contributed by atoms with van der Waals surface area (Å²) in [6.07, 6.45) is 2.18. The molecular formula is C19H19N3O2. The molecule has 0 spiro atoms. The van der Waals surface area contributed by atoms with Gasteiger partial charge in [-0.2, -0.15) is 5.26 Å². The third-order valence-electron chi connectivity index (χ3n) is 3.49. The number of hydrogen-bond acceptors (Lipinski definition) is 4. The van der Waals surface area contributed by atoms with Gasteiger partial charge in [0.2, 0.25) is 0 Å². The number of phenolic OH excluding ortho intramolecular Hbond substituents is 1. The predicted octanol–water partition coefficient (Wildman–Crippen LogP) is 2.59. The van der Waals surface area contributed by atoms with Crippen molar-refractivity contribution in [1.82, 2.24) is 5.32 Å². The highest BCUT2D eigenvalue weighted by Gasteiger charge is 2.10. The van der Waals surface area contributed by atoms with E-state index < -0.39 is 5.91 Å². The Bertz CT molecular complexity index is 746. The summed E-state index contributed by atoms with van der Waals surface area (Å²) in [5, 5.41) is 21.3. The zero-order valence-corrected chi connectivity index (χ0v) is 13.4. The Hall–Kier alpha value is -3.26. The van der Waals surface area contributed by atoms with E-state index in [4.69, 9.17) is 0 Å². The molecule has 2 aromatic rings. The Morgan fingerprint density at radius 1 is 1.21 bits per heavy atom. The maximum atomic E-state index is 12.1. The molecule has 0 heterocycles. The number of carbonyl (C=O) groups excluding carboxylic acids is 1. The fourth-order valence-electron chi connectivity index (χ4n) is 2.15. The first-order chi connectivity index (χ1) is 11.6. The van der Waals surface area contributed by atoms with Crippen molar-refractivity contribution in [3.05, 3.63) is 71.9 Å². The van der Waals surface area contributed by atoms with Crippen molar-refractivity contribution in [2.24, 2.45) is 0 Å². The minimum atomic E-state index is -0.404. The highest BCUT2D eigenvalue weighted by atomic mass is 16.3. The second kappa shape index (κ2) is 8.39. The van der Waals surface area contributed by atoms with E-state index in [1.165, 1.54) is 6.20 Å². The fourth-order valence-corrected chi connectivity index (χ4v) is 2.15. The molecule has 24 heavy (non-hydrogen) atoms. The van der Waals surface area contributed by atoms with E-state index in [-0.39, 0.29) is 11.3 Å². The van der Waals surface area contributed by atoms with E-state index in [2.05, 4.69) is 5.32 Å². The van der Waals surface area contributed by atoms with Gasteiger partial charge in [0.15, 0.2) is 0 Å². The summed E-state index contributed by atoms with van der Waals surface area (Å²) >= 11 is 0. The van der Waals surface area contributed by atoms with Gasteiger partial charge in [0, 0.05) is 25.5 Å². The minimum absolute atomic E-state index is 0.0265. The van der Waals surface area contributed by atoms with E-state index >= 15 is 0 Å². The Kier molecular flexibility index (Phi) is 5.98. The number of hydrogen-bond donors (Lipinski definition) is 2. The van der Waals surface area contributed by atoms with Gasteiger partial charge < -0.3 is 15.3 Å². The third-order valence-corrected chi connectivity index (χ3v) is 3.49. The molecule has 0 aliphatic carbocycles. The molecule has 5 nitrogen and oxygen atoms in total. The number of anilines is 1. The molecule has 0 aromatic heterocycles. The highest BCUT2D eigenvalue weighted by Crippen LogP contribution is 2.18. The first-order valence-corrected chi connectivity index (χ1v) is 7.56. The molecule has 0 saturated heterocycles. The van der Waals surface area contributed by atoms with Crippen molar-refractivity contribution in [3.63, 3.8) is 0 Å². The van der Waals surface area contributed by atoms with Gasteiger partial charge >= 0.3 is 0 Å². The Morgan fingerprint density at radius 2 is 1.88 bits per heavy atom. The van der Waals surface area contributed by atoms with Crippen molar-refractivity contribution in [1.29, 1.82) is 5.26 Å². The van der Waals surface area contributed by atoms with E-state index in [9.17, 15) is 15.2 Å². The van der Waals surface area contributed by atoms with Gasteiger partial charge in [-0.1, -0.05) is 30.3 Å². The summed E-state index contributed by atoms with van der Waals surface area (Å²) in [5.74, 6) is -0.241. The average molecular weight is 321 g/mol. The topological polar surface area (TPSA) is 76.4 Å². The van der Waals surface area contributed by atoms with Crippen molar-refractivity contribution in [2.45, 2.75) is 6.42 Å². The maximum Gasteiger partial charge on any atom is 0.263 e. The van der Waals surface area contributed by atoms with Crippen LogP contribution in [0.2, 0.25) is 0 Å². The molecule has 0 atom stereocenters. The molecule has 2 aromatic carbocycles. The normalized spacial score (nSPS) is 10.8. The Morgan fingerprint density at radius 3 is 2.50 bits per heavy atom. The Labute approximate surface area is 141 Å². The number of rotatable bonds is 6. The van der Waals surface area contributed by atoms with Crippen molar-refractivity contribution >= 4 is 11.6 Å². The Balaban J connectivity index is 1.95. The maximum absolute atomic E-state index is 12.1. The van der Waals surface area contributed by atoms with E-state index in [0.29, 0.717) is 13.0 Å². The van der Waals surface area contributed by atoms with Crippen LogP contribution in [0.3, 0.4) is 0 Å². The number of amides is 1. The van der Waals surface area contributed by atoms with Crippen molar-refractivity contribution in [2.75, 3.05) is 18.5 Å². The highest BCUT2D eigenvalue weighted by molar-refractivity contribution is 5.97. The van der Waals surface area contributed by atoms with Crippen LogP contribution in [0.5, 0.6) is 5.75 Å². The molecule has 0 bridgehead atoms. The smallest absolute Gasteiger partial charge is 0.263 e. The predicted molar refractivity (Wildman–Crippen MR) is 93.4 cm³/mol. The zero-order valence-electron chi connectivity index (χ0n) is 13.4. The quantitative estimate of drug-likeness (QED) is 0.633. The number of nitriles is 1. The lowest BCUT2D eigenvalue weighted by atomic mass is 10.1. The van der Waals surface area contributed by atoms with Gasteiger partial charge in [-0.05, 0) is 36.2 Å². The van der Waals surface area contributed by atoms with E-state index in [1.54, 1.807) is 36.2 Å². The lowest BCUT2D eigenvalue weighted by Crippen LogP contribution is -2.28. The minimum Gasteiger partial charge on any atom is -0.508 e. The number of carbonyl (C=O) groups is 1. The van der Waals surface area contributed by atoms with Gasteiger partial charge in [-0.3, -0.25) is 4.79 Å². The van der Waals surface area contributed by atoms with Crippen LogP contribution in [-0.2, 0) is 11.2 Å². The standard InChI is InChI=1S/C19H19N3O2/c1-22(17-7-9-18(23)10-8-17)14-16(13-20)19(24)21-12-11-15-5-3-2-4-6-15/h2-10,14,23H,11-12H2,1H3,(H,21,24)/b16-14-. The molecule has 0 saturated carbocycles. The molecule has 0 radical (unpaired) electrons. The lowest BCUT2D eigenvalue weighted by molar-refractivity contribution is -0.117. The van der Waals surface area contributed by atoms with Gasteiger partial charge in [0.1, 0.15) is 17.4 Å². The summed E-state index contributed by atoms with van der Waals surface area (Å²) in [6, 6.07) is 18.2. The van der Waals surface area contributed by atoms with Gasteiger partial charge in [-0.15, -0.1) is 0 Å².